The zero-order chi connectivity index (χ0) is 19.3. The maximum Gasteiger partial charge on any atom is 0.226 e. The molecule has 3 aromatic rings. The second kappa shape index (κ2) is 6.37. The molecule has 0 saturated carbocycles. The van der Waals surface area contributed by atoms with E-state index in [0.717, 1.165) is 12.1 Å². The molecule has 5 rings (SSSR count). The number of carbonyl (C=O) groups excluding carboxylic acids is 1. The van der Waals surface area contributed by atoms with Crippen molar-refractivity contribution in [1.82, 2.24) is 14.8 Å². The van der Waals surface area contributed by atoms with Crippen LogP contribution >= 0.6 is 0 Å². The first-order valence-corrected chi connectivity index (χ1v) is 9.12. The predicted molar refractivity (Wildman–Crippen MR) is 99.5 cm³/mol. The lowest BCUT2D eigenvalue weighted by Gasteiger charge is -2.32. The van der Waals surface area contributed by atoms with Crippen LogP contribution in [0.2, 0.25) is 0 Å². The number of aromatic nitrogens is 3. The standard InChI is InChI=1S/C21H16F2N4O/c22-14-8-3-1-6-12(14)19-18-16(10-5-11-17(18)28)24-21-25-20(26-27(19)21)13-7-2-4-9-15(13)23/h1-4,6-9,19H,5,10-11H2,(H,24,25,26). The van der Waals surface area contributed by atoms with E-state index in [0.29, 0.717) is 29.9 Å². The molecular formula is C21H16F2N4O. The summed E-state index contributed by atoms with van der Waals surface area (Å²) in [6, 6.07) is 11.8. The third-order valence-corrected chi connectivity index (χ3v) is 5.18. The van der Waals surface area contributed by atoms with Gasteiger partial charge in [0.1, 0.15) is 17.7 Å². The van der Waals surface area contributed by atoms with Crippen LogP contribution in [0.25, 0.3) is 11.4 Å². The van der Waals surface area contributed by atoms with Crippen LogP contribution in [0.5, 0.6) is 0 Å². The summed E-state index contributed by atoms with van der Waals surface area (Å²) in [7, 11) is 0. The van der Waals surface area contributed by atoms with Crippen molar-refractivity contribution in [3.63, 3.8) is 0 Å². The van der Waals surface area contributed by atoms with Crippen molar-refractivity contribution in [3.8, 4) is 11.4 Å². The number of allylic oxidation sites excluding steroid dienone is 2. The summed E-state index contributed by atoms with van der Waals surface area (Å²) in [6.07, 6.45) is 1.81. The molecule has 1 unspecified atom stereocenters. The van der Waals surface area contributed by atoms with Gasteiger partial charge in [-0.2, -0.15) is 4.98 Å². The number of halogens is 2. The Bertz CT molecular complexity index is 1130. The van der Waals surface area contributed by atoms with Crippen LogP contribution in [0.15, 0.2) is 59.8 Å². The lowest BCUT2D eigenvalue weighted by Crippen LogP contribution is -2.32. The van der Waals surface area contributed by atoms with Gasteiger partial charge in [-0.25, -0.2) is 13.5 Å². The molecule has 0 fully saturated rings. The van der Waals surface area contributed by atoms with Crippen LogP contribution in [0.4, 0.5) is 14.7 Å². The van der Waals surface area contributed by atoms with Crippen molar-refractivity contribution >= 4 is 11.7 Å². The zero-order valence-corrected chi connectivity index (χ0v) is 14.8. The first-order valence-electron chi connectivity index (χ1n) is 9.12. The van der Waals surface area contributed by atoms with E-state index in [9.17, 15) is 13.6 Å². The molecule has 2 aliphatic rings. The number of benzene rings is 2. The van der Waals surface area contributed by atoms with Crippen LogP contribution in [0, 0.1) is 11.6 Å². The van der Waals surface area contributed by atoms with Crippen LogP contribution in [-0.2, 0) is 4.79 Å². The molecule has 0 radical (unpaired) electrons. The molecule has 2 heterocycles. The van der Waals surface area contributed by atoms with Gasteiger partial charge >= 0.3 is 0 Å². The van der Waals surface area contributed by atoms with Crippen molar-refractivity contribution in [2.45, 2.75) is 25.3 Å². The maximum atomic E-state index is 14.7. The average Bonchev–Trinajstić information content (AvgIpc) is 3.11. The van der Waals surface area contributed by atoms with E-state index in [2.05, 4.69) is 15.4 Å². The number of nitrogens with zero attached hydrogens (tertiary/aromatic N) is 3. The number of carbonyl (C=O) groups is 1. The van der Waals surface area contributed by atoms with Crippen molar-refractivity contribution in [2.24, 2.45) is 0 Å². The third-order valence-electron chi connectivity index (χ3n) is 5.18. The van der Waals surface area contributed by atoms with Crippen molar-refractivity contribution in [3.05, 3.63) is 77.0 Å². The number of hydrogen-bond donors (Lipinski definition) is 1. The fourth-order valence-corrected chi connectivity index (χ4v) is 3.90. The molecule has 0 spiro atoms. The SMILES string of the molecule is O=C1CCCC2=C1C(c1ccccc1F)n1nc(-c3ccccc3F)nc1N2. The van der Waals surface area contributed by atoms with Gasteiger partial charge in [0.05, 0.1) is 5.56 Å². The number of rotatable bonds is 2. The largest absolute Gasteiger partial charge is 0.328 e. The van der Waals surface area contributed by atoms with E-state index in [4.69, 9.17) is 0 Å². The maximum absolute atomic E-state index is 14.7. The highest BCUT2D eigenvalue weighted by Gasteiger charge is 2.38. The van der Waals surface area contributed by atoms with E-state index >= 15 is 0 Å². The second-order valence-electron chi connectivity index (χ2n) is 6.90. The second-order valence-corrected chi connectivity index (χ2v) is 6.90. The number of ketones is 1. The Morgan fingerprint density at radius 1 is 1.00 bits per heavy atom. The van der Waals surface area contributed by atoms with Crippen LogP contribution in [-0.4, -0.2) is 20.5 Å². The normalized spacial score (nSPS) is 18.5. The van der Waals surface area contributed by atoms with Crippen molar-refractivity contribution < 1.29 is 13.6 Å². The Hall–Kier alpha value is -3.35. The predicted octanol–water partition coefficient (Wildman–Crippen LogP) is 4.25. The molecule has 1 N–H and O–H groups in total. The van der Waals surface area contributed by atoms with E-state index in [-0.39, 0.29) is 17.2 Å². The Kier molecular flexibility index (Phi) is 3.82. The Morgan fingerprint density at radius 2 is 1.75 bits per heavy atom. The lowest BCUT2D eigenvalue weighted by atomic mass is 9.85. The summed E-state index contributed by atoms with van der Waals surface area (Å²) in [6.45, 7) is 0. The van der Waals surface area contributed by atoms with Gasteiger partial charge in [-0.3, -0.25) is 4.79 Å². The highest BCUT2D eigenvalue weighted by atomic mass is 19.1. The van der Waals surface area contributed by atoms with Gasteiger partial charge in [-0.15, -0.1) is 5.10 Å². The molecular weight excluding hydrogens is 362 g/mol. The minimum atomic E-state index is -0.728. The average molecular weight is 378 g/mol. The topological polar surface area (TPSA) is 59.8 Å². The fourth-order valence-electron chi connectivity index (χ4n) is 3.90. The lowest BCUT2D eigenvalue weighted by molar-refractivity contribution is -0.116. The highest BCUT2D eigenvalue weighted by molar-refractivity contribution is 5.99. The third kappa shape index (κ3) is 2.54. The molecule has 28 heavy (non-hydrogen) atoms. The van der Waals surface area contributed by atoms with Gasteiger partial charge in [0.2, 0.25) is 5.95 Å². The number of anilines is 1. The monoisotopic (exact) mass is 378 g/mol. The molecule has 7 heteroatoms. The minimum Gasteiger partial charge on any atom is -0.328 e. The van der Waals surface area contributed by atoms with Gasteiger partial charge in [-0.05, 0) is 31.0 Å². The molecule has 140 valence electrons. The molecule has 1 aliphatic carbocycles. The van der Waals surface area contributed by atoms with Crippen molar-refractivity contribution in [2.75, 3.05) is 5.32 Å². The highest BCUT2D eigenvalue weighted by Crippen LogP contribution is 2.41. The first-order chi connectivity index (χ1) is 13.6. The van der Waals surface area contributed by atoms with Gasteiger partial charge < -0.3 is 5.32 Å². The van der Waals surface area contributed by atoms with Gasteiger partial charge in [0, 0.05) is 23.3 Å². The quantitative estimate of drug-likeness (QED) is 0.724. The summed E-state index contributed by atoms with van der Waals surface area (Å²) in [5, 5.41) is 7.62. The Labute approximate surface area is 159 Å². The molecule has 0 amide bonds. The Balaban J connectivity index is 1.72. The van der Waals surface area contributed by atoms with E-state index < -0.39 is 17.7 Å². The number of fused-ring (bicyclic) bond motifs is 1. The molecule has 1 atom stereocenters. The van der Waals surface area contributed by atoms with Gasteiger partial charge in [0.15, 0.2) is 11.6 Å². The van der Waals surface area contributed by atoms with Gasteiger partial charge in [0.25, 0.3) is 0 Å². The molecule has 5 nitrogen and oxygen atoms in total. The van der Waals surface area contributed by atoms with Gasteiger partial charge in [-0.1, -0.05) is 30.3 Å². The van der Waals surface area contributed by atoms with Crippen molar-refractivity contribution in [1.29, 1.82) is 0 Å². The van der Waals surface area contributed by atoms with E-state index in [1.54, 1.807) is 36.4 Å². The minimum absolute atomic E-state index is 0.0319. The summed E-state index contributed by atoms with van der Waals surface area (Å²) < 4.78 is 30.4. The zero-order valence-electron chi connectivity index (χ0n) is 14.8. The summed E-state index contributed by atoms with van der Waals surface area (Å²) >= 11 is 0. The molecule has 0 bridgehead atoms. The summed E-state index contributed by atoms with van der Waals surface area (Å²) in [4.78, 5) is 17.2. The molecule has 1 aliphatic heterocycles. The van der Waals surface area contributed by atoms with E-state index in [1.807, 2.05) is 0 Å². The van der Waals surface area contributed by atoms with Crippen LogP contribution in [0.1, 0.15) is 30.9 Å². The van der Waals surface area contributed by atoms with Crippen LogP contribution in [0.3, 0.4) is 0 Å². The molecule has 0 saturated heterocycles. The Morgan fingerprint density at radius 3 is 2.54 bits per heavy atom. The smallest absolute Gasteiger partial charge is 0.226 e. The summed E-state index contributed by atoms with van der Waals surface area (Å²) in [5.41, 5.74) is 1.85. The molecule has 2 aromatic carbocycles. The van der Waals surface area contributed by atoms with E-state index in [1.165, 1.54) is 16.8 Å². The first kappa shape index (κ1) is 16.8. The fraction of sp³-hybridized carbons (Fsp3) is 0.190. The summed E-state index contributed by atoms with van der Waals surface area (Å²) in [5.74, 6) is -0.333. The van der Waals surface area contributed by atoms with Crippen LogP contribution < -0.4 is 5.32 Å². The number of nitrogens with one attached hydrogen (secondary N) is 1. The number of hydrogen-bond acceptors (Lipinski definition) is 4. The number of Topliss-reactive ketones (excluding diaryl/α,β-unsaturated/α-hetero) is 1. The molecule has 1 aromatic heterocycles.